The van der Waals surface area contributed by atoms with E-state index in [-0.39, 0.29) is 11.8 Å². The van der Waals surface area contributed by atoms with Gasteiger partial charge in [0.1, 0.15) is 0 Å². The van der Waals surface area contributed by atoms with E-state index in [1.165, 1.54) is 6.42 Å². The van der Waals surface area contributed by atoms with E-state index in [1.54, 1.807) is 6.20 Å². The Labute approximate surface area is 137 Å². The lowest BCUT2D eigenvalue weighted by atomic mass is 9.73. The third-order valence-electron chi connectivity index (χ3n) is 5.58. The molecule has 3 saturated heterocycles. The Morgan fingerprint density at radius 3 is 3.00 bits per heavy atom. The smallest absolute Gasteiger partial charge is 0.180 e. The molecule has 23 heavy (non-hydrogen) atoms. The Morgan fingerprint density at radius 1 is 1.35 bits per heavy atom. The number of hydrogen-bond acceptors (Lipinski definition) is 3. The van der Waals surface area contributed by atoms with Crippen LogP contribution in [0.4, 0.5) is 0 Å². The minimum atomic E-state index is 0.0422. The summed E-state index contributed by atoms with van der Waals surface area (Å²) in [6.45, 7) is 5.97. The molecule has 1 aromatic heterocycles. The maximum Gasteiger partial charge on any atom is 0.180 e. The second kappa shape index (κ2) is 5.89. The molecule has 0 aliphatic carbocycles. The Morgan fingerprint density at radius 2 is 2.22 bits per heavy atom. The zero-order valence-electron chi connectivity index (χ0n) is 13.3. The number of nitrogens with zero attached hydrogens (tertiary/aromatic N) is 2. The molecule has 4 atom stereocenters. The van der Waals surface area contributed by atoms with E-state index in [1.807, 2.05) is 36.4 Å². The number of para-hydroxylation sites is 1. The monoisotopic (exact) mass is 306 g/mol. The van der Waals surface area contributed by atoms with Gasteiger partial charge in [0.15, 0.2) is 5.78 Å². The van der Waals surface area contributed by atoms with Gasteiger partial charge in [0, 0.05) is 23.7 Å². The summed E-state index contributed by atoms with van der Waals surface area (Å²) in [4.78, 5) is 19.9. The number of Topliss-reactive ketones (excluding diaryl/α,β-unsaturated/α-hetero) is 1. The Bertz CT molecular complexity index is 749. The molecule has 0 saturated carbocycles. The molecular weight excluding hydrogens is 284 g/mol. The van der Waals surface area contributed by atoms with Gasteiger partial charge in [0.05, 0.1) is 11.6 Å². The number of benzene rings is 1. The molecule has 5 rings (SSSR count). The van der Waals surface area contributed by atoms with Crippen molar-refractivity contribution in [3.63, 3.8) is 0 Å². The number of aromatic nitrogens is 1. The summed E-state index contributed by atoms with van der Waals surface area (Å²) >= 11 is 0. The number of piperidine rings is 3. The van der Waals surface area contributed by atoms with Crippen molar-refractivity contribution >= 4 is 16.7 Å². The molecule has 3 aliphatic heterocycles. The second-order valence-corrected chi connectivity index (χ2v) is 6.82. The molecule has 3 fully saturated rings. The molecule has 4 unspecified atom stereocenters. The first-order chi connectivity index (χ1) is 11.3. The SMILES string of the molecule is C=CCC1CN2CCC1CC2C(=O)c1ccnc2ccccc12. The highest BCUT2D eigenvalue weighted by Gasteiger charge is 2.42. The predicted molar refractivity (Wildman–Crippen MR) is 92.5 cm³/mol. The predicted octanol–water partition coefficient (Wildman–Crippen LogP) is 3.70. The van der Waals surface area contributed by atoms with Crippen LogP contribution in [-0.4, -0.2) is 34.8 Å². The number of rotatable bonds is 4. The highest BCUT2D eigenvalue weighted by molar-refractivity contribution is 6.09. The molecule has 118 valence electrons. The first kappa shape index (κ1) is 14.6. The average molecular weight is 306 g/mol. The molecule has 3 aliphatic rings. The van der Waals surface area contributed by atoms with Gasteiger partial charge < -0.3 is 0 Å². The van der Waals surface area contributed by atoms with E-state index in [2.05, 4.69) is 16.5 Å². The van der Waals surface area contributed by atoms with Crippen molar-refractivity contribution in [1.82, 2.24) is 9.88 Å². The quantitative estimate of drug-likeness (QED) is 0.638. The fraction of sp³-hybridized carbons (Fsp3) is 0.400. The highest BCUT2D eigenvalue weighted by Crippen LogP contribution is 2.39. The maximum atomic E-state index is 13.2. The summed E-state index contributed by atoms with van der Waals surface area (Å²) in [6.07, 6.45) is 7.07. The van der Waals surface area contributed by atoms with Gasteiger partial charge in [0.2, 0.25) is 0 Å². The summed E-state index contributed by atoms with van der Waals surface area (Å²) < 4.78 is 0. The molecule has 1 aromatic carbocycles. The van der Waals surface area contributed by atoms with Crippen LogP contribution < -0.4 is 0 Å². The van der Waals surface area contributed by atoms with Crippen LogP contribution in [-0.2, 0) is 0 Å². The minimum absolute atomic E-state index is 0.0422. The number of allylic oxidation sites excluding steroid dienone is 1. The largest absolute Gasteiger partial charge is 0.293 e. The number of ketones is 1. The number of pyridine rings is 1. The fourth-order valence-corrected chi connectivity index (χ4v) is 4.38. The normalized spacial score (nSPS) is 29.6. The molecule has 0 amide bonds. The van der Waals surface area contributed by atoms with E-state index < -0.39 is 0 Å². The molecular formula is C20H22N2O. The van der Waals surface area contributed by atoms with Gasteiger partial charge in [0.25, 0.3) is 0 Å². The standard InChI is InChI=1S/C20H22N2O/c1-2-5-15-13-22-11-9-14(15)12-19(22)20(23)17-8-10-21-18-7-4-3-6-16(17)18/h2-4,6-8,10,14-15,19H,1,5,9,11-13H2. The van der Waals surface area contributed by atoms with Crippen molar-refractivity contribution in [2.24, 2.45) is 11.8 Å². The first-order valence-corrected chi connectivity index (χ1v) is 8.51. The van der Waals surface area contributed by atoms with Crippen molar-refractivity contribution in [2.75, 3.05) is 13.1 Å². The lowest BCUT2D eigenvalue weighted by Gasteiger charge is -2.49. The van der Waals surface area contributed by atoms with Crippen LogP contribution in [0.5, 0.6) is 0 Å². The van der Waals surface area contributed by atoms with Crippen molar-refractivity contribution < 1.29 is 4.79 Å². The first-order valence-electron chi connectivity index (χ1n) is 8.51. The molecule has 3 heteroatoms. The molecule has 0 radical (unpaired) electrons. The van der Waals surface area contributed by atoms with Gasteiger partial charge >= 0.3 is 0 Å². The van der Waals surface area contributed by atoms with Crippen molar-refractivity contribution in [2.45, 2.75) is 25.3 Å². The van der Waals surface area contributed by atoms with Crippen molar-refractivity contribution in [3.8, 4) is 0 Å². The zero-order valence-corrected chi connectivity index (χ0v) is 13.3. The van der Waals surface area contributed by atoms with Crippen LogP contribution in [0.2, 0.25) is 0 Å². The van der Waals surface area contributed by atoms with E-state index in [0.29, 0.717) is 11.8 Å². The van der Waals surface area contributed by atoms with Gasteiger partial charge in [-0.05, 0) is 49.8 Å². The minimum Gasteiger partial charge on any atom is -0.293 e. The van der Waals surface area contributed by atoms with Gasteiger partial charge in [-0.15, -0.1) is 6.58 Å². The second-order valence-electron chi connectivity index (χ2n) is 6.82. The maximum absolute atomic E-state index is 13.2. The van der Waals surface area contributed by atoms with Crippen molar-refractivity contribution in [3.05, 3.63) is 54.7 Å². The zero-order chi connectivity index (χ0) is 15.8. The van der Waals surface area contributed by atoms with Crippen LogP contribution in [0.25, 0.3) is 10.9 Å². The van der Waals surface area contributed by atoms with Gasteiger partial charge in [-0.2, -0.15) is 0 Å². The Kier molecular flexibility index (Phi) is 3.74. The third kappa shape index (κ3) is 2.49. The topological polar surface area (TPSA) is 33.2 Å². The summed E-state index contributed by atoms with van der Waals surface area (Å²) in [5.74, 6) is 1.62. The van der Waals surface area contributed by atoms with Gasteiger partial charge in [-0.1, -0.05) is 24.3 Å². The van der Waals surface area contributed by atoms with Crippen LogP contribution in [0.3, 0.4) is 0 Å². The summed E-state index contributed by atoms with van der Waals surface area (Å²) in [7, 11) is 0. The number of hydrogen-bond donors (Lipinski definition) is 0. The lowest BCUT2D eigenvalue weighted by molar-refractivity contribution is 0.00731. The summed E-state index contributed by atoms with van der Waals surface area (Å²) in [6, 6.07) is 9.85. The average Bonchev–Trinajstić information content (AvgIpc) is 2.61. The van der Waals surface area contributed by atoms with E-state index in [9.17, 15) is 4.79 Å². The van der Waals surface area contributed by atoms with E-state index >= 15 is 0 Å². The third-order valence-corrected chi connectivity index (χ3v) is 5.58. The number of fused-ring (bicyclic) bond motifs is 4. The highest BCUT2D eigenvalue weighted by atomic mass is 16.1. The molecule has 2 bridgehead atoms. The molecule has 3 nitrogen and oxygen atoms in total. The molecule has 2 aromatic rings. The lowest BCUT2D eigenvalue weighted by Crippen LogP contribution is -2.56. The fourth-order valence-electron chi connectivity index (χ4n) is 4.38. The van der Waals surface area contributed by atoms with Crippen LogP contribution in [0.1, 0.15) is 29.6 Å². The van der Waals surface area contributed by atoms with E-state index in [4.69, 9.17) is 0 Å². The van der Waals surface area contributed by atoms with Crippen LogP contribution >= 0.6 is 0 Å². The van der Waals surface area contributed by atoms with Gasteiger partial charge in [-0.25, -0.2) is 0 Å². The molecule has 4 heterocycles. The Balaban J connectivity index is 1.64. The van der Waals surface area contributed by atoms with Crippen LogP contribution in [0, 0.1) is 11.8 Å². The number of carbonyl (C=O) groups is 1. The van der Waals surface area contributed by atoms with Crippen LogP contribution in [0.15, 0.2) is 49.2 Å². The molecule has 0 spiro atoms. The molecule has 0 N–H and O–H groups in total. The van der Waals surface area contributed by atoms with Gasteiger partial charge in [-0.3, -0.25) is 14.7 Å². The van der Waals surface area contributed by atoms with E-state index in [0.717, 1.165) is 42.4 Å². The summed E-state index contributed by atoms with van der Waals surface area (Å²) in [5.41, 5.74) is 1.73. The summed E-state index contributed by atoms with van der Waals surface area (Å²) in [5, 5.41) is 0.977. The van der Waals surface area contributed by atoms with Crippen molar-refractivity contribution in [1.29, 1.82) is 0 Å². The number of carbonyl (C=O) groups excluding carboxylic acids is 1. The Hall–Kier alpha value is -2.00.